The molecule has 0 saturated heterocycles. The van der Waals surface area contributed by atoms with Gasteiger partial charge in [-0.1, -0.05) is 35.9 Å². The highest BCUT2D eigenvalue weighted by atomic mass is 16.5. The molecular weight excluding hydrogens is 288 g/mol. The van der Waals surface area contributed by atoms with E-state index in [1.807, 2.05) is 70.2 Å². The Morgan fingerprint density at radius 2 is 1.91 bits per heavy atom. The van der Waals surface area contributed by atoms with E-state index in [0.29, 0.717) is 6.61 Å². The second-order valence-corrected chi connectivity index (χ2v) is 5.61. The summed E-state index contributed by atoms with van der Waals surface area (Å²) in [5.74, 6) is 0.807. The molecule has 4 nitrogen and oxygen atoms in total. The monoisotopic (exact) mass is 312 g/mol. The predicted octanol–water partition coefficient (Wildman–Crippen LogP) is 4.58. The lowest BCUT2D eigenvalue weighted by molar-refractivity contribution is 0.249. The SMILES string of the molecule is CCOc1ccc(C)cc1C(C)NC(=O)Nc1ccccc1C. The van der Waals surface area contributed by atoms with Gasteiger partial charge in [0.05, 0.1) is 12.6 Å². The molecule has 0 heterocycles. The summed E-state index contributed by atoms with van der Waals surface area (Å²) in [5, 5.41) is 5.85. The van der Waals surface area contributed by atoms with Crippen LogP contribution in [0.15, 0.2) is 42.5 Å². The third-order valence-electron chi connectivity index (χ3n) is 3.67. The van der Waals surface area contributed by atoms with Gasteiger partial charge in [0.15, 0.2) is 0 Å². The van der Waals surface area contributed by atoms with Crippen molar-refractivity contribution < 1.29 is 9.53 Å². The van der Waals surface area contributed by atoms with Crippen molar-refractivity contribution in [2.24, 2.45) is 0 Å². The molecule has 0 saturated carbocycles. The first kappa shape index (κ1) is 16.9. The van der Waals surface area contributed by atoms with Gasteiger partial charge in [-0.15, -0.1) is 0 Å². The third kappa shape index (κ3) is 4.49. The number of hydrogen-bond acceptors (Lipinski definition) is 2. The second-order valence-electron chi connectivity index (χ2n) is 5.61. The Morgan fingerprint density at radius 3 is 2.61 bits per heavy atom. The number of carbonyl (C=O) groups is 1. The molecule has 0 aliphatic carbocycles. The number of urea groups is 1. The molecule has 2 aromatic carbocycles. The first-order chi connectivity index (χ1) is 11.0. The van der Waals surface area contributed by atoms with Crippen LogP contribution in [0.3, 0.4) is 0 Å². The van der Waals surface area contributed by atoms with E-state index in [4.69, 9.17) is 4.74 Å². The van der Waals surface area contributed by atoms with Crippen LogP contribution < -0.4 is 15.4 Å². The summed E-state index contributed by atoms with van der Waals surface area (Å²) in [4.78, 5) is 12.2. The Kier molecular flexibility index (Phi) is 5.63. The van der Waals surface area contributed by atoms with Crippen molar-refractivity contribution in [2.45, 2.75) is 33.7 Å². The standard InChI is InChI=1S/C19H24N2O2/c1-5-23-18-11-10-13(2)12-16(18)15(4)20-19(22)21-17-9-7-6-8-14(17)3/h6-12,15H,5H2,1-4H3,(H2,20,21,22). The van der Waals surface area contributed by atoms with Crippen LogP contribution in [0.2, 0.25) is 0 Å². The van der Waals surface area contributed by atoms with Crippen LogP contribution in [0.1, 0.15) is 36.6 Å². The van der Waals surface area contributed by atoms with Crippen LogP contribution in [-0.2, 0) is 0 Å². The summed E-state index contributed by atoms with van der Waals surface area (Å²) < 4.78 is 5.66. The lowest BCUT2D eigenvalue weighted by Crippen LogP contribution is -2.31. The molecule has 2 amide bonds. The normalized spacial score (nSPS) is 11.7. The zero-order valence-corrected chi connectivity index (χ0v) is 14.1. The van der Waals surface area contributed by atoms with E-state index in [2.05, 4.69) is 10.6 Å². The number of hydrogen-bond donors (Lipinski definition) is 2. The molecule has 0 spiro atoms. The zero-order chi connectivity index (χ0) is 16.8. The topological polar surface area (TPSA) is 50.4 Å². The fourth-order valence-corrected chi connectivity index (χ4v) is 2.44. The summed E-state index contributed by atoms with van der Waals surface area (Å²) in [6, 6.07) is 13.3. The fourth-order valence-electron chi connectivity index (χ4n) is 2.44. The van der Waals surface area contributed by atoms with E-state index in [0.717, 1.165) is 28.1 Å². The maximum atomic E-state index is 12.2. The van der Waals surface area contributed by atoms with Gasteiger partial charge < -0.3 is 15.4 Å². The number of amides is 2. The number of benzene rings is 2. The van der Waals surface area contributed by atoms with Crippen molar-refractivity contribution in [1.82, 2.24) is 5.32 Å². The van der Waals surface area contributed by atoms with Crippen molar-refractivity contribution in [3.05, 3.63) is 59.2 Å². The lowest BCUT2D eigenvalue weighted by atomic mass is 10.0. The molecule has 122 valence electrons. The second kappa shape index (κ2) is 7.68. The molecule has 0 radical (unpaired) electrons. The van der Waals surface area contributed by atoms with Crippen molar-refractivity contribution in [3.8, 4) is 5.75 Å². The highest BCUT2D eigenvalue weighted by Crippen LogP contribution is 2.26. The Balaban J connectivity index is 2.09. The first-order valence-electron chi connectivity index (χ1n) is 7.87. The average molecular weight is 312 g/mol. The van der Waals surface area contributed by atoms with E-state index < -0.39 is 0 Å². The molecular formula is C19H24N2O2. The molecule has 0 aromatic heterocycles. The Bertz CT molecular complexity index is 683. The van der Waals surface area contributed by atoms with Gasteiger partial charge in [0.2, 0.25) is 0 Å². The van der Waals surface area contributed by atoms with Gasteiger partial charge in [-0.3, -0.25) is 0 Å². The summed E-state index contributed by atoms with van der Waals surface area (Å²) in [5.41, 5.74) is 3.95. The lowest BCUT2D eigenvalue weighted by Gasteiger charge is -2.19. The average Bonchev–Trinajstić information content (AvgIpc) is 2.51. The highest BCUT2D eigenvalue weighted by Gasteiger charge is 2.15. The molecule has 0 aliphatic heterocycles. The van der Waals surface area contributed by atoms with Gasteiger partial charge in [0, 0.05) is 11.3 Å². The minimum Gasteiger partial charge on any atom is -0.494 e. The number of para-hydroxylation sites is 1. The largest absolute Gasteiger partial charge is 0.494 e. The fraction of sp³-hybridized carbons (Fsp3) is 0.316. The summed E-state index contributed by atoms with van der Waals surface area (Å²) in [7, 11) is 0. The Labute approximate surface area is 137 Å². The summed E-state index contributed by atoms with van der Waals surface area (Å²) in [6.45, 7) is 8.49. The number of nitrogens with one attached hydrogen (secondary N) is 2. The first-order valence-corrected chi connectivity index (χ1v) is 7.87. The van der Waals surface area contributed by atoms with Crippen LogP contribution in [0.4, 0.5) is 10.5 Å². The van der Waals surface area contributed by atoms with Gasteiger partial charge in [-0.2, -0.15) is 0 Å². The number of carbonyl (C=O) groups excluding carboxylic acids is 1. The number of anilines is 1. The molecule has 1 atom stereocenters. The molecule has 0 aliphatic rings. The molecule has 2 rings (SSSR count). The minimum absolute atomic E-state index is 0.152. The van der Waals surface area contributed by atoms with Crippen LogP contribution in [0.5, 0.6) is 5.75 Å². The molecule has 2 N–H and O–H groups in total. The summed E-state index contributed by atoms with van der Waals surface area (Å²) >= 11 is 0. The van der Waals surface area contributed by atoms with Gasteiger partial charge in [-0.05, 0) is 45.4 Å². The van der Waals surface area contributed by atoms with Crippen molar-refractivity contribution in [2.75, 3.05) is 11.9 Å². The van der Waals surface area contributed by atoms with Crippen LogP contribution in [0.25, 0.3) is 0 Å². The highest BCUT2D eigenvalue weighted by molar-refractivity contribution is 5.90. The smallest absolute Gasteiger partial charge is 0.319 e. The molecule has 0 fully saturated rings. The van der Waals surface area contributed by atoms with Crippen molar-refractivity contribution >= 4 is 11.7 Å². The van der Waals surface area contributed by atoms with Gasteiger partial charge in [-0.25, -0.2) is 4.79 Å². The van der Waals surface area contributed by atoms with E-state index in [9.17, 15) is 4.79 Å². The minimum atomic E-state index is -0.226. The quantitative estimate of drug-likeness (QED) is 0.848. The maximum absolute atomic E-state index is 12.2. The Hall–Kier alpha value is -2.49. The molecule has 2 aromatic rings. The van der Waals surface area contributed by atoms with Gasteiger partial charge in [0.25, 0.3) is 0 Å². The van der Waals surface area contributed by atoms with E-state index >= 15 is 0 Å². The Morgan fingerprint density at radius 1 is 1.17 bits per heavy atom. The van der Waals surface area contributed by atoms with Crippen molar-refractivity contribution in [1.29, 1.82) is 0 Å². The van der Waals surface area contributed by atoms with E-state index in [1.165, 1.54) is 0 Å². The van der Waals surface area contributed by atoms with Crippen LogP contribution in [0, 0.1) is 13.8 Å². The molecule has 0 bridgehead atoms. The number of aryl methyl sites for hydroxylation is 2. The van der Waals surface area contributed by atoms with Gasteiger partial charge in [0.1, 0.15) is 5.75 Å². The van der Waals surface area contributed by atoms with E-state index in [1.54, 1.807) is 0 Å². The van der Waals surface area contributed by atoms with Crippen LogP contribution >= 0.6 is 0 Å². The third-order valence-corrected chi connectivity index (χ3v) is 3.67. The zero-order valence-electron chi connectivity index (χ0n) is 14.1. The van der Waals surface area contributed by atoms with Crippen molar-refractivity contribution in [3.63, 3.8) is 0 Å². The number of ether oxygens (including phenoxy) is 1. The molecule has 23 heavy (non-hydrogen) atoms. The summed E-state index contributed by atoms with van der Waals surface area (Å²) in [6.07, 6.45) is 0. The maximum Gasteiger partial charge on any atom is 0.319 e. The van der Waals surface area contributed by atoms with Crippen LogP contribution in [-0.4, -0.2) is 12.6 Å². The molecule has 4 heteroatoms. The molecule has 1 unspecified atom stereocenters. The predicted molar refractivity (Wildman–Crippen MR) is 94.1 cm³/mol. The number of rotatable bonds is 5. The van der Waals surface area contributed by atoms with E-state index in [-0.39, 0.29) is 12.1 Å². The van der Waals surface area contributed by atoms with Gasteiger partial charge >= 0.3 is 6.03 Å².